The maximum Gasteiger partial charge on any atom is 0.337 e. The second kappa shape index (κ2) is 5.85. The van der Waals surface area contributed by atoms with Gasteiger partial charge in [-0.15, -0.1) is 0 Å². The number of fused-ring (bicyclic) bond motifs is 1. The molecule has 0 spiro atoms. The maximum atomic E-state index is 11.4. The minimum absolute atomic E-state index is 0.290. The number of aryl methyl sites for hydroxylation is 1. The molecule has 21 heavy (non-hydrogen) atoms. The number of carboxylic acid groups (broad SMARTS) is 1. The molecule has 1 aromatic heterocycles. The first kappa shape index (κ1) is 14.1. The Morgan fingerprint density at radius 1 is 1.48 bits per heavy atom. The number of hydrogen-bond donors (Lipinski definition) is 1. The zero-order chi connectivity index (χ0) is 14.8. The molecule has 0 radical (unpaired) electrons. The Kier molecular flexibility index (Phi) is 3.92. The van der Waals surface area contributed by atoms with Crippen molar-refractivity contribution in [3.8, 4) is 0 Å². The lowest BCUT2D eigenvalue weighted by molar-refractivity contribution is 0.0699. The topological polar surface area (TPSA) is 64.4 Å². The quantitative estimate of drug-likeness (QED) is 0.795. The van der Waals surface area contributed by atoms with Gasteiger partial charge in [-0.1, -0.05) is 6.07 Å². The molecule has 5 heteroatoms. The highest BCUT2D eigenvalue weighted by Crippen LogP contribution is 2.41. The Morgan fingerprint density at radius 2 is 2.29 bits per heavy atom. The summed E-state index contributed by atoms with van der Waals surface area (Å²) in [4.78, 5) is 16.0. The van der Waals surface area contributed by atoms with Crippen LogP contribution in [0, 0.1) is 0 Å². The number of nitrogens with zero attached hydrogens (tertiary/aromatic N) is 2. The fourth-order valence-corrected chi connectivity index (χ4v) is 2.69. The summed E-state index contributed by atoms with van der Waals surface area (Å²) >= 11 is 0. The normalized spacial score (nSPS) is 14.7. The predicted molar refractivity (Wildman–Crippen MR) is 79.8 cm³/mol. The smallest absolute Gasteiger partial charge is 0.337 e. The lowest BCUT2D eigenvalue weighted by Crippen LogP contribution is -2.06. The molecule has 1 aliphatic rings. The van der Waals surface area contributed by atoms with E-state index in [2.05, 4.69) is 9.55 Å². The number of carbonyl (C=O) groups is 1. The van der Waals surface area contributed by atoms with E-state index in [4.69, 9.17) is 4.74 Å². The first-order valence-electron chi connectivity index (χ1n) is 7.52. The van der Waals surface area contributed by atoms with Gasteiger partial charge in [-0.25, -0.2) is 9.78 Å². The van der Waals surface area contributed by atoms with Gasteiger partial charge in [0.15, 0.2) is 0 Å². The van der Waals surface area contributed by atoms with Gasteiger partial charge in [0, 0.05) is 25.7 Å². The van der Waals surface area contributed by atoms with Crippen molar-refractivity contribution in [3.63, 3.8) is 0 Å². The lowest BCUT2D eigenvalue weighted by atomic mass is 10.2. The number of benzene rings is 1. The largest absolute Gasteiger partial charge is 0.478 e. The minimum atomic E-state index is -0.915. The van der Waals surface area contributed by atoms with Crippen molar-refractivity contribution in [2.24, 2.45) is 0 Å². The molecule has 1 saturated carbocycles. The molecular weight excluding hydrogens is 268 g/mol. The van der Waals surface area contributed by atoms with Gasteiger partial charge < -0.3 is 14.4 Å². The molecule has 1 N–H and O–H groups in total. The molecule has 2 aromatic rings. The van der Waals surface area contributed by atoms with Crippen molar-refractivity contribution in [1.29, 1.82) is 0 Å². The van der Waals surface area contributed by atoms with Crippen LogP contribution in [0.2, 0.25) is 0 Å². The van der Waals surface area contributed by atoms with Crippen molar-refractivity contribution in [3.05, 3.63) is 29.6 Å². The molecule has 0 bridgehead atoms. The number of aromatic nitrogens is 2. The molecule has 0 aliphatic heterocycles. The number of rotatable bonds is 7. The van der Waals surface area contributed by atoms with E-state index >= 15 is 0 Å². The third-order valence-corrected chi connectivity index (χ3v) is 3.86. The van der Waals surface area contributed by atoms with E-state index < -0.39 is 5.97 Å². The average molecular weight is 288 g/mol. The van der Waals surface area contributed by atoms with Crippen molar-refractivity contribution < 1.29 is 14.6 Å². The zero-order valence-electron chi connectivity index (χ0n) is 12.2. The van der Waals surface area contributed by atoms with Gasteiger partial charge in [0.05, 0.1) is 11.1 Å². The van der Waals surface area contributed by atoms with Gasteiger partial charge in [0.1, 0.15) is 11.3 Å². The first-order chi connectivity index (χ1) is 10.2. The monoisotopic (exact) mass is 288 g/mol. The van der Waals surface area contributed by atoms with Crippen LogP contribution < -0.4 is 0 Å². The summed E-state index contributed by atoms with van der Waals surface area (Å²) in [6.07, 6.45) is 3.21. The van der Waals surface area contributed by atoms with Crippen LogP contribution in [-0.4, -0.2) is 33.8 Å². The average Bonchev–Trinajstić information content (AvgIpc) is 3.25. The van der Waals surface area contributed by atoms with Gasteiger partial charge in [0.25, 0.3) is 0 Å². The Morgan fingerprint density at radius 3 is 2.95 bits per heavy atom. The Bertz CT molecular complexity index is 659. The molecule has 112 valence electrons. The van der Waals surface area contributed by atoms with Crippen LogP contribution in [0.25, 0.3) is 11.0 Å². The van der Waals surface area contributed by atoms with E-state index in [0.29, 0.717) is 11.4 Å². The summed E-state index contributed by atoms with van der Waals surface area (Å²) in [5, 5.41) is 9.31. The van der Waals surface area contributed by atoms with Crippen LogP contribution in [0.15, 0.2) is 18.2 Å². The number of carboxylic acids is 1. The van der Waals surface area contributed by atoms with Crippen LogP contribution in [0.3, 0.4) is 0 Å². The molecule has 0 amide bonds. The van der Waals surface area contributed by atoms with Gasteiger partial charge in [-0.2, -0.15) is 0 Å². The molecule has 1 heterocycles. The molecule has 3 rings (SSSR count). The zero-order valence-corrected chi connectivity index (χ0v) is 12.2. The summed E-state index contributed by atoms with van der Waals surface area (Å²) in [5.74, 6) is 0.614. The van der Waals surface area contributed by atoms with Crippen molar-refractivity contribution in [2.75, 3.05) is 13.2 Å². The van der Waals surface area contributed by atoms with E-state index in [-0.39, 0.29) is 5.56 Å². The van der Waals surface area contributed by atoms with Crippen LogP contribution >= 0.6 is 0 Å². The van der Waals surface area contributed by atoms with E-state index in [0.717, 1.165) is 50.4 Å². The highest BCUT2D eigenvalue weighted by atomic mass is 16.5. The summed E-state index contributed by atoms with van der Waals surface area (Å²) in [6, 6.07) is 5.38. The third-order valence-electron chi connectivity index (χ3n) is 3.86. The summed E-state index contributed by atoms with van der Waals surface area (Å²) in [7, 11) is 0. The molecule has 0 atom stereocenters. The first-order valence-corrected chi connectivity index (χ1v) is 7.52. The SMILES string of the molecule is CCOCCCn1c(C2CC2)nc2c(C(=O)O)cccc21. The second-order valence-corrected chi connectivity index (χ2v) is 5.42. The second-order valence-electron chi connectivity index (χ2n) is 5.42. The van der Waals surface area contributed by atoms with Gasteiger partial charge in [-0.3, -0.25) is 0 Å². The molecular formula is C16H20N2O3. The highest BCUT2D eigenvalue weighted by molar-refractivity contribution is 6.01. The van der Waals surface area contributed by atoms with E-state index in [9.17, 15) is 9.90 Å². The lowest BCUT2D eigenvalue weighted by Gasteiger charge is -2.08. The fourth-order valence-electron chi connectivity index (χ4n) is 2.69. The predicted octanol–water partition coefficient (Wildman–Crippen LogP) is 3.04. The number of hydrogen-bond acceptors (Lipinski definition) is 3. The highest BCUT2D eigenvalue weighted by Gasteiger charge is 2.30. The maximum absolute atomic E-state index is 11.4. The van der Waals surface area contributed by atoms with Crippen LogP contribution in [-0.2, 0) is 11.3 Å². The third kappa shape index (κ3) is 2.78. The van der Waals surface area contributed by atoms with Gasteiger partial charge in [-0.05, 0) is 38.3 Å². The molecule has 1 aliphatic carbocycles. The summed E-state index contributed by atoms with van der Waals surface area (Å²) in [6.45, 7) is 4.26. The van der Waals surface area contributed by atoms with Crippen LogP contribution in [0.5, 0.6) is 0 Å². The molecule has 1 aromatic carbocycles. The number of imidazole rings is 1. The number of aromatic carboxylic acids is 1. The molecule has 5 nitrogen and oxygen atoms in total. The summed E-state index contributed by atoms with van der Waals surface area (Å²) in [5.41, 5.74) is 1.83. The van der Waals surface area contributed by atoms with E-state index in [1.807, 2.05) is 13.0 Å². The Balaban J connectivity index is 1.97. The van der Waals surface area contributed by atoms with Crippen LogP contribution in [0.1, 0.15) is 48.3 Å². The van der Waals surface area contributed by atoms with Gasteiger partial charge in [0.2, 0.25) is 0 Å². The standard InChI is InChI=1S/C16H20N2O3/c1-2-21-10-4-9-18-13-6-3-5-12(16(19)20)14(13)17-15(18)11-7-8-11/h3,5-6,11H,2,4,7-10H2,1H3,(H,19,20). The molecule has 0 unspecified atom stereocenters. The van der Waals surface area contributed by atoms with Crippen molar-refractivity contribution in [1.82, 2.24) is 9.55 Å². The van der Waals surface area contributed by atoms with Crippen molar-refractivity contribution >= 4 is 17.0 Å². The minimum Gasteiger partial charge on any atom is -0.478 e. The molecule has 0 saturated heterocycles. The Labute approximate surface area is 123 Å². The van der Waals surface area contributed by atoms with E-state index in [1.165, 1.54) is 0 Å². The molecule has 1 fully saturated rings. The van der Waals surface area contributed by atoms with Crippen LogP contribution in [0.4, 0.5) is 0 Å². The van der Waals surface area contributed by atoms with E-state index in [1.54, 1.807) is 12.1 Å². The fraction of sp³-hybridized carbons (Fsp3) is 0.500. The Hall–Kier alpha value is -1.88. The van der Waals surface area contributed by atoms with Crippen molar-refractivity contribution in [2.45, 2.75) is 38.6 Å². The number of ether oxygens (including phenoxy) is 1. The summed E-state index contributed by atoms with van der Waals surface area (Å²) < 4.78 is 7.57. The number of para-hydroxylation sites is 1. The van der Waals surface area contributed by atoms with Gasteiger partial charge >= 0.3 is 5.97 Å².